The lowest BCUT2D eigenvalue weighted by molar-refractivity contribution is 0.273. The van der Waals surface area contributed by atoms with Crippen LogP contribution in [0, 0.1) is 6.92 Å². The van der Waals surface area contributed by atoms with Crippen LogP contribution in [-0.2, 0) is 0 Å². The third-order valence-electron chi connectivity index (χ3n) is 4.50. The van der Waals surface area contributed by atoms with Crippen molar-refractivity contribution in [2.45, 2.75) is 39.2 Å². The van der Waals surface area contributed by atoms with Gasteiger partial charge in [-0.3, -0.25) is 4.90 Å². The van der Waals surface area contributed by atoms with Gasteiger partial charge in [0.1, 0.15) is 18.0 Å². The quantitative estimate of drug-likeness (QED) is 0.912. The fraction of sp³-hybridized carbons (Fsp3) is 0.733. The molecule has 0 bridgehead atoms. The standard InChI is InChI=1S/C15H25N5/c1-3-16-14-12(2)15(18-11-17-14)20-9-5-8-19-7-4-6-13(19)10-20/h11,13H,3-10H2,1-2H3,(H,16,17,18). The van der Waals surface area contributed by atoms with Gasteiger partial charge in [0.15, 0.2) is 0 Å². The van der Waals surface area contributed by atoms with E-state index in [1.165, 1.54) is 37.9 Å². The summed E-state index contributed by atoms with van der Waals surface area (Å²) in [5, 5.41) is 3.33. The van der Waals surface area contributed by atoms with Crippen LogP contribution in [0.3, 0.4) is 0 Å². The molecule has 2 aliphatic heterocycles. The summed E-state index contributed by atoms with van der Waals surface area (Å²) in [6, 6.07) is 0.717. The van der Waals surface area contributed by atoms with Gasteiger partial charge in [0.2, 0.25) is 0 Å². The highest BCUT2D eigenvalue weighted by Gasteiger charge is 2.29. The van der Waals surface area contributed by atoms with Gasteiger partial charge in [-0.05, 0) is 39.7 Å². The van der Waals surface area contributed by atoms with Crippen molar-refractivity contribution in [1.29, 1.82) is 0 Å². The molecule has 1 aromatic heterocycles. The molecule has 5 heteroatoms. The van der Waals surface area contributed by atoms with E-state index in [9.17, 15) is 0 Å². The van der Waals surface area contributed by atoms with E-state index in [-0.39, 0.29) is 0 Å². The summed E-state index contributed by atoms with van der Waals surface area (Å²) in [4.78, 5) is 14.0. The molecule has 110 valence electrons. The summed E-state index contributed by atoms with van der Waals surface area (Å²) in [5.41, 5.74) is 1.18. The SMILES string of the molecule is CCNc1ncnc(N2CCCN3CCCC3C2)c1C. The van der Waals surface area contributed by atoms with Crippen molar-refractivity contribution in [3.8, 4) is 0 Å². The van der Waals surface area contributed by atoms with Crippen molar-refractivity contribution in [2.75, 3.05) is 42.9 Å². The lowest BCUT2D eigenvalue weighted by atomic mass is 10.2. The number of rotatable bonds is 3. The maximum atomic E-state index is 4.56. The van der Waals surface area contributed by atoms with E-state index in [0.29, 0.717) is 0 Å². The average Bonchev–Trinajstić information content (AvgIpc) is 2.79. The fourth-order valence-corrected chi connectivity index (χ4v) is 3.50. The molecule has 20 heavy (non-hydrogen) atoms. The van der Waals surface area contributed by atoms with E-state index in [1.807, 2.05) is 0 Å². The fourth-order valence-electron chi connectivity index (χ4n) is 3.50. The van der Waals surface area contributed by atoms with Crippen LogP contribution in [0.25, 0.3) is 0 Å². The molecule has 3 heterocycles. The molecule has 0 spiro atoms. The maximum absolute atomic E-state index is 4.56. The Hall–Kier alpha value is -1.36. The topological polar surface area (TPSA) is 44.3 Å². The third kappa shape index (κ3) is 2.59. The van der Waals surface area contributed by atoms with Gasteiger partial charge in [-0.25, -0.2) is 9.97 Å². The molecule has 0 amide bonds. The maximum Gasteiger partial charge on any atom is 0.137 e. The second-order valence-electron chi connectivity index (χ2n) is 5.83. The Morgan fingerprint density at radius 1 is 1.25 bits per heavy atom. The minimum Gasteiger partial charge on any atom is -0.370 e. The van der Waals surface area contributed by atoms with Crippen molar-refractivity contribution in [2.24, 2.45) is 0 Å². The lowest BCUT2D eigenvalue weighted by Crippen LogP contribution is -2.37. The zero-order valence-electron chi connectivity index (χ0n) is 12.6. The number of hydrogen-bond acceptors (Lipinski definition) is 5. The van der Waals surface area contributed by atoms with Crippen molar-refractivity contribution in [3.05, 3.63) is 11.9 Å². The summed E-state index contributed by atoms with van der Waals surface area (Å²) in [5.74, 6) is 2.09. The van der Waals surface area contributed by atoms with Gasteiger partial charge in [-0.15, -0.1) is 0 Å². The van der Waals surface area contributed by atoms with Crippen LogP contribution >= 0.6 is 0 Å². The lowest BCUT2D eigenvalue weighted by Gasteiger charge is -2.27. The first-order chi connectivity index (χ1) is 9.79. The van der Waals surface area contributed by atoms with Gasteiger partial charge in [0.05, 0.1) is 0 Å². The van der Waals surface area contributed by atoms with E-state index in [0.717, 1.165) is 37.3 Å². The molecule has 2 saturated heterocycles. The molecule has 0 aliphatic carbocycles. The molecular formula is C15H25N5. The van der Waals surface area contributed by atoms with E-state index >= 15 is 0 Å². The predicted molar refractivity (Wildman–Crippen MR) is 82.4 cm³/mol. The summed E-state index contributed by atoms with van der Waals surface area (Å²) in [6.45, 7) is 9.87. The summed E-state index contributed by atoms with van der Waals surface area (Å²) in [7, 11) is 0. The van der Waals surface area contributed by atoms with Crippen molar-refractivity contribution >= 4 is 11.6 Å². The van der Waals surface area contributed by atoms with Crippen LogP contribution in [0.1, 0.15) is 31.7 Å². The predicted octanol–water partition coefficient (Wildman–Crippen LogP) is 1.89. The van der Waals surface area contributed by atoms with Gasteiger partial charge in [-0.2, -0.15) is 0 Å². The molecule has 2 aliphatic rings. The van der Waals surface area contributed by atoms with Crippen LogP contribution in [0.4, 0.5) is 11.6 Å². The molecule has 1 aromatic rings. The normalized spacial score (nSPS) is 23.5. The second kappa shape index (κ2) is 5.95. The Morgan fingerprint density at radius 3 is 2.95 bits per heavy atom. The molecule has 3 rings (SSSR count). The van der Waals surface area contributed by atoms with E-state index in [4.69, 9.17) is 0 Å². The Kier molecular flexibility index (Phi) is 4.05. The molecule has 5 nitrogen and oxygen atoms in total. The number of aromatic nitrogens is 2. The Balaban J connectivity index is 1.82. The molecule has 2 fully saturated rings. The first-order valence-corrected chi connectivity index (χ1v) is 7.84. The van der Waals surface area contributed by atoms with Crippen LogP contribution in [-0.4, -0.2) is 53.6 Å². The van der Waals surface area contributed by atoms with Gasteiger partial charge in [-0.1, -0.05) is 0 Å². The highest BCUT2D eigenvalue weighted by molar-refractivity contribution is 5.58. The number of anilines is 2. The number of nitrogens with zero attached hydrogens (tertiary/aromatic N) is 4. The van der Waals surface area contributed by atoms with E-state index in [2.05, 4.69) is 38.9 Å². The Bertz CT molecular complexity index is 462. The molecule has 1 unspecified atom stereocenters. The van der Waals surface area contributed by atoms with Crippen LogP contribution < -0.4 is 10.2 Å². The summed E-state index contributed by atoms with van der Waals surface area (Å²) in [6.07, 6.45) is 5.61. The van der Waals surface area contributed by atoms with E-state index in [1.54, 1.807) is 6.33 Å². The first kappa shape index (κ1) is 13.6. The smallest absolute Gasteiger partial charge is 0.137 e. The molecular weight excluding hydrogens is 250 g/mol. The van der Waals surface area contributed by atoms with E-state index < -0.39 is 0 Å². The van der Waals surface area contributed by atoms with Crippen LogP contribution in [0.15, 0.2) is 6.33 Å². The van der Waals surface area contributed by atoms with Crippen molar-refractivity contribution < 1.29 is 0 Å². The molecule has 1 N–H and O–H groups in total. The number of hydrogen-bond donors (Lipinski definition) is 1. The molecule has 0 radical (unpaired) electrons. The molecule has 0 aromatic carbocycles. The minimum absolute atomic E-state index is 0.717. The van der Waals surface area contributed by atoms with Crippen molar-refractivity contribution in [3.63, 3.8) is 0 Å². The Morgan fingerprint density at radius 2 is 2.10 bits per heavy atom. The highest BCUT2D eigenvalue weighted by atomic mass is 15.3. The molecule has 0 saturated carbocycles. The second-order valence-corrected chi connectivity index (χ2v) is 5.83. The first-order valence-electron chi connectivity index (χ1n) is 7.84. The summed E-state index contributed by atoms with van der Waals surface area (Å²) >= 11 is 0. The Labute approximate surface area is 121 Å². The number of nitrogens with one attached hydrogen (secondary N) is 1. The average molecular weight is 275 g/mol. The molecule has 1 atom stereocenters. The zero-order chi connectivity index (χ0) is 13.9. The highest BCUT2D eigenvalue weighted by Crippen LogP contribution is 2.27. The van der Waals surface area contributed by atoms with Crippen molar-refractivity contribution in [1.82, 2.24) is 14.9 Å². The van der Waals surface area contributed by atoms with Crippen LogP contribution in [0.2, 0.25) is 0 Å². The van der Waals surface area contributed by atoms with Gasteiger partial charge < -0.3 is 10.2 Å². The van der Waals surface area contributed by atoms with Gasteiger partial charge >= 0.3 is 0 Å². The number of fused-ring (bicyclic) bond motifs is 1. The van der Waals surface area contributed by atoms with Gasteiger partial charge in [0, 0.05) is 37.8 Å². The largest absolute Gasteiger partial charge is 0.370 e. The van der Waals surface area contributed by atoms with Crippen LogP contribution in [0.5, 0.6) is 0 Å². The zero-order valence-corrected chi connectivity index (χ0v) is 12.6. The third-order valence-corrected chi connectivity index (χ3v) is 4.50. The monoisotopic (exact) mass is 275 g/mol. The minimum atomic E-state index is 0.717. The van der Waals surface area contributed by atoms with Gasteiger partial charge in [0.25, 0.3) is 0 Å². The summed E-state index contributed by atoms with van der Waals surface area (Å²) < 4.78 is 0.